The molecule has 0 atom stereocenters. The zero-order valence-electron chi connectivity index (χ0n) is 15.0. The summed E-state index contributed by atoms with van der Waals surface area (Å²) in [5.74, 6) is 0.418. The lowest BCUT2D eigenvalue weighted by atomic mass is 10.1. The van der Waals surface area contributed by atoms with Crippen LogP contribution < -0.4 is 15.8 Å². The van der Waals surface area contributed by atoms with Gasteiger partial charge in [-0.1, -0.05) is 12.1 Å². The second-order valence-electron chi connectivity index (χ2n) is 6.09. The minimum atomic E-state index is -0.0967. The number of rotatable bonds is 5. The summed E-state index contributed by atoms with van der Waals surface area (Å²) in [5.41, 5.74) is 9.12. The number of benzene rings is 1. The third-order valence-electron chi connectivity index (χ3n) is 3.67. The van der Waals surface area contributed by atoms with Crippen LogP contribution >= 0.6 is 0 Å². The minimum absolute atomic E-state index is 0.0914. The zero-order chi connectivity index (χ0) is 18.7. The Labute approximate surface area is 151 Å². The molecule has 3 N–H and O–H groups in total. The Morgan fingerprint density at radius 1 is 1.12 bits per heavy atom. The van der Waals surface area contributed by atoms with Crippen LogP contribution in [0.25, 0.3) is 22.3 Å². The van der Waals surface area contributed by atoms with Crippen molar-refractivity contribution in [1.29, 1.82) is 0 Å². The van der Waals surface area contributed by atoms with Crippen LogP contribution in [-0.4, -0.2) is 33.5 Å². The van der Waals surface area contributed by atoms with E-state index >= 15 is 0 Å². The van der Waals surface area contributed by atoms with E-state index in [1.165, 1.54) is 0 Å². The molecule has 1 aromatic carbocycles. The third-order valence-corrected chi connectivity index (χ3v) is 3.67. The molecule has 7 nitrogen and oxygen atoms in total. The number of hydrogen-bond acceptors (Lipinski definition) is 6. The smallest absolute Gasteiger partial charge is 0.251 e. The number of fused-ring (bicyclic) bond motifs is 1. The summed E-state index contributed by atoms with van der Waals surface area (Å²) in [6.07, 6.45) is 0. The molecule has 0 fully saturated rings. The second-order valence-corrected chi connectivity index (χ2v) is 6.09. The molecule has 0 aliphatic carbocycles. The number of nitrogens with two attached hydrogens (primary N) is 1. The Balaban J connectivity index is 1.96. The molecular formula is C19H21N5O2. The standard InChI is InChI=1S/C19H21N5O2/c1-4-26-18-16-15(23-19(20)24-18)10-9-14(22-16)12-5-7-13(8-6-12)17(25)21-11(2)3/h5-11H,4H2,1-3H3,(H,21,25)(H2,20,23,24). The van der Waals surface area contributed by atoms with Crippen molar-refractivity contribution in [2.45, 2.75) is 26.8 Å². The second kappa shape index (κ2) is 7.35. The van der Waals surface area contributed by atoms with E-state index in [4.69, 9.17) is 10.5 Å². The average Bonchev–Trinajstić information content (AvgIpc) is 2.61. The van der Waals surface area contributed by atoms with Crippen molar-refractivity contribution < 1.29 is 9.53 Å². The maximum Gasteiger partial charge on any atom is 0.251 e. The topological polar surface area (TPSA) is 103 Å². The van der Waals surface area contributed by atoms with Gasteiger partial charge in [0.15, 0.2) is 5.52 Å². The maximum atomic E-state index is 12.1. The van der Waals surface area contributed by atoms with Gasteiger partial charge in [0.25, 0.3) is 5.91 Å². The lowest BCUT2D eigenvalue weighted by Crippen LogP contribution is -2.29. The molecule has 26 heavy (non-hydrogen) atoms. The SMILES string of the molecule is CCOc1nc(N)nc2ccc(-c3ccc(C(=O)NC(C)C)cc3)nc12. The van der Waals surface area contributed by atoms with Gasteiger partial charge in [-0.25, -0.2) is 9.97 Å². The summed E-state index contributed by atoms with van der Waals surface area (Å²) >= 11 is 0. The monoisotopic (exact) mass is 351 g/mol. The summed E-state index contributed by atoms with van der Waals surface area (Å²) in [6.45, 7) is 6.18. The van der Waals surface area contributed by atoms with Gasteiger partial charge in [-0.2, -0.15) is 4.98 Å². The van der Waals surface area contributed by atoms with Crippen molar-refractivity contribution in [1.82, 2.24) is 20.3 Å². The van der Waals surface area contributed by atoms with Crippen LogP contribution in [-0.2, 0) is 0 Å². The number of aromatic nitrogens is 3. The highest BCUT2D eigenvalue weighted by Crippen LogP contribution is 2.26. The van der Waals surface area contributed by atoms with Crippen molar-refractivity contribution in [2.75, 3.05) is 12.3 Å². The van der Waals surface area contributed by atoms with Crippen molar-refractivity contribution in [3.05, 3.63) is 42.0 Å². The predicted octanol–water partition coefficient (Wildman–Crippen LogP) is 2.81. The molecule has 134 valence electrons. The van der Waals surface area contributed by atoms with Crippen LogP contribution in [0.15, 0.2) is 36.4 Å². The highest BCUT2D eigenvalue weighted by Gasteiger charge is 2.12. The van der Waals surface area contributed by atoms with E-state index in [1.54, 1.807) is 12.1 Å². The van der Waals surface area contributed by atoms with E-state index in [0.29, 0.717) is 29.1 Å². The Morgan fingerprint density at radius 3 is 2.50 bits per heavy atom. The van der Waals surface area contributed by atoms with E-state index < -0.39 is 0 Å². The molecule has 0 unspecified atom stereocenters. The van der Waals surface area contributed by atoms with Crippen molar-refractivity contribution in [3.63, 3.8) is 0 Å². The van der Waals surface area contributed by atoms with E-state index in [1.807, 2.05) is 45.0 Å². The first-order chi connectivity index (χ1) is 12.5. The summed E-state index contributed by atoms with van der Waals surface area (Å²) in [7, 11) is 0. The first-order valence-corrected chi connectivity index (χ1v) is 8.46. The maximum absolute atomic E-state index is 12.1. The molecule has 7 heteroatoms. The summed E-state index contributed by atoms with van der Waals surface area (Å²) < 4.78 is 5.53. The first kappa shape index (κ1) is 17.6. The molecule has 0 radical (unpaired) electrons. The van der Waals surface area contributed by atoms with Crippen LogP contribution in [0.4, 0.5) is 5.95 Å². The number of ether oxygens (including phenoxy) is 1. The molecule has 2 heterocycles. The quantitative estimate of drug-likeness (QED) is 0.733. The number of carbonyl (C=O) groups excluding carboxylic acids is 1. The lowest BCUT2D eigenvalue weighted by molar-refractivity contribution is 0.0943. The molecule has 0 saturated carbocycles. The normalized spacial score (nSPS) is 10.9. The molecule has 0 saturated heterocycles. The molecular weight excluding hydrogens is 330 g/mol. The Kier molecular flexibility index (Phi) is 4.97. The van der Waals surface area contributed by atoms with E-state index in [2.05, 4.69) is 20.3 Å². The number of pyridine rings is 1. The molecule has 0 aliphatic heterocycles. The number of nitrogens with zero attached hydrogens (tertiary/aromatic N) is 3. The Hall–Kier alpha value is -3.22. The van der Waals surface area contributed by atoms with Gasteiger partial charge in [0.2, 0.25) is 11.8 Å². The number of amides is 1. The number of nitrogen functional groups attached to an aromatic ring is 1. The summed E-state index contributed by atoms with van der Waals surface area (Å²) in [5, 5.41) is 2.87. The van der Waals surface area contributed by atoms with Crippen LogP contribution in [0.3, 0.4) is 0 Å². The molecule has 1 amide bonds. The molecule has 0 spiro atoms. The number of nitrogens with one attached hydrogen (secondary N) is 1. The average molecular weight is 351 g/mol. The van der Waals surface area contributed by atoms with Crippen molar-refractivity contribution in [2.24, 2.45) is 0 Å². The molecule has 3 rings (SSSR count). The third kappa shape index (κ3) is 3.72. The van der Waals surface area contributed by atoms with E-state index in [-0.39, 0.29) is 17.9 Å². The largest absolute Gasteiger partial charge is 0.476 e. The van der Waals surface area contributed by atoms with E-state index in [9.17, 15) is 4.79 Å². The van der Waals surface area contributed by atoms with Crippen LogP contribution in [0.5, 0.6) is 5.88 Å². The van der Waals surface area contributed by atoms with Crippen LogP contribution in [0.1, 0.15) is 31.1 Å². The minimum Gasteiger partial charge on any atom is -0.476 e. The fraction of sp³-hybridized carbons (Fsp3) is 0.263. The van der Waals surface area contributed by atoms with Gasteiger partial charge < -0.3 is 15.8 Å². The summed E-state index contributed by atoms with van der Waals surface area (Å²) in [4.78, 5) is 25.0. The number of anilines is 1. The fourth-order valence-electron chi connectivity index (χ4n) is 2.54. The zero-order valence-corrected chi connectivity index (χ0v) is 15.0. The first-order valence-electron chi connectivity index (χ1n) is 8.46. The van der Waals surface area contributed by atoms with Crippen LogP contribution in [0, 0.1) is 0 Å². The molecule has 0 bridgehead atoms. The van der Waals surface area contributed by atoms with Gasteiger partial charge in [0, 0.05) is 17.2 Å². The highest BCUT2D eigenvalue weighted by atomic mass is 16.5. The van der Waals surface area contributed by atoms with E-state index in [0.717, 1.165) is 11.3 Å². The molecule has 3 aromatic rings. The fourth-order valence-corrected chi connectivity index (χ4v) is 2.54. The molecule has 0 aliphatic rings. The van der Waals surface area contributed by atoms with Gasteiger partial charge in [0.1, 0.15) is 0 Å². The van der Waals surface area contributed by atoms with Gasteiger partial charge in [0.05, 0.1) is 17.8 Å². The Morgan fingerprint density at radius 2 is 1.85 bits per heavy atom. The number of carbonyl (C=O) groups is 1. The van der Waals surface area contributed by atoms with Crippen molar-refractivity contribution >= 4 is 22.9 Å². The lowest BCUT2D eigenvalue weighted by Gasteiger charge is -2.10. The summed E-state index contributed by atoms with van der Waals surface area (Å²) in [6, 6.07) is 11.1. The van der Waals surface area contributed by atoms with Crippen molar-refractivity contribution in [3.8, 4) is 17.1 Å². The van der Waals surface area contributed by atoms with Gasteiger partial charge in [-0.05, 0) is 45.0 Å². The van der Waals surface area contributed by atoms with Gasteiger partial charge >= 0.3 is 0 Å². The predicted molar refractivity (Wildman–Crippen MR) is 101 cm³/mol. The Bertz CT molecular complexity index is 939. The number of hydrogen-bond donors (Lipinski definition) is 2. The molecule has 2 aromatic heterocycles. The van der Waals surface area contributed by atoms with Crippen LogP contribution in [0.2, 0.25) is 0 Å². The highest BCUT2D eigenvalue weighted by molar-refractivity contribution is 5.94. The van der Waals surface area contributed by atoms with Gasteiger partial charge in [-0.15, -0.1) is 0 Å². The van der Waals surface area contributed by atoms with Gasteiger partial charge in [-0.3, -0.25) is 4.79 Å².